The van der Waals surface area contributed by atoms with Crippen LogP contribution < -0.4 is 5.32 Å². The van der Waals surface area contributed by atoms with E-state index in [2.05, 4.69) is 15.4 Å². The number of hydrogen-bond donors (Lipinski definition) is 2. The third-order valence-corrected chi connectivity index (χ3v) is 4.25. The summed E-state index contributed by atoms with van der Waals surface area (Å²) >= 11 is 0. The van der Waals surface area contributed by atoms with E-state index in [0.29, 0.717) is 22.5 Å². The zero-order valence-electron chi connectivity index (χ0n) is 14.9. The molecular formula is C19H19FN4O3. The molecule has 0 atom stereocenters. The van der Waals surface area contributed by atoms with Crippen molar-refractivity contribution < 1.29 is 19.1 Å². The Bertz CT molecular complexity index is 996. The summed E-state index contributed by atoms with van der Waals surface area (Å²) < 4.78 is 14.5. The fraction of sp³-hybridized carbons (Fsp3) is 0.263. The van der Waals surface area contributed by atoms with Gasteiger partial charge in [-0.05, 0) is 23.8 Å². The van der Waals surface area contributed by atoms with E-state index >= 15 is 0 Å². The molecule has 0 spiro atoms. The maximum absolute atomic E-state index is 13.0. The molecule has 0 unspecified atom stereocenters. The largest absolute Gasteiger partial charge is 0.481 e. The van der Waals surface area contributed by atoms with Crippen LogP contribution in [0.5, 0.6) is 0 Å². The number of aliphatic carboxylic acids is 1. The van der Waals surface area contributed by atoms with E-state index in [4.69, 9.17) is 0 Å². The van der Waals surface area contributed by atoms with Gasteiger partial charge in [-0.2, -0.15) is 0 Å². The number of nitrogens with zero attached hydrogens (tertiary/aromatic N) is 3. The summed E-state index contributed by atoms with van der Waals surface area (Å²) in [6.07, 6.45) is 3.00. The highest BCUT2D eigenvalue weighted by Gasteiger charge is 2.32. The van der Waals surface area contributed by atoms with Gasteiger partial charge < -0.3 is 10.4 Å². The van der Waals surface area contributed by atoms with Gasteiger partial charge in [-0.1, -0.05) is 26.0 Å². The van der Waals surface area contributed by atoms with Crippen LogP contribution in [-0.4, -0.2) is 31.6 Å². The molecule has 1 amide bonds. The zero-order chi connectivity index (χ0) is 19.6. The number of rotatable bonds is 6. The second kappa shape index (κ2) is 7.14. The standard InChI is InChI=1S/C19H19FN4O3/c1-19(2,10-16(26)27)17-14-7-8-21-11-24(14)23-18(17)22-15(25)9-12-3-5-13(20)6-4-12/h3-8,11H,9-10H2,1-2H3,(H,26,27)(H,22,23,25). The number of amides is 1. The van der Waals surface area contributed by atoms with Gasteiger partial charge in [0.05, 0.1) is 18.4 Å². The molecule has 2 aromatic heterocycles. The molecule has 0 aliphatic carbocycles. The van der Waals surface area contributed by atoms with Gasteiger partial charge in [0, 0.05) is 17.2 Å². The fourth-order valence-electron chi connectivity index (χ4n) is 3.10. The van der Waals surface area contributed by atoms with Gasteiger partial charge in [0.1, 0.15) is 12.1 Å². The molecule has 0 fully saturated rings. The summed E-state index contributed by atoms with van der Waals surface area (Å²) in [5.74, 6) is -1.35. The van der Waals surface area contributed by atoms with Gasteiger partial charge in [0.2, 0.25) is 5.91 Å². The number of nitrogens with one attached hydrogen (secondary N) is 1. The summed E-state index contributed by atoms with van der Waals surface area (Å²) in [7, 11) is 0. The highest BCUT2D eigenvalue weighted by atomic mass is 19.1. The Balaban J connectivity index is 1.93. The van der Waals surface area contributed by atoms with E-state index < -0.39 is 11.4 Å². The number of fused-ring (bicyclic) bond motifs is 1. The average molecular weight is 370 g/mol. The molecule has 0 aliphatic heterocycles. The molecule has 0 radical (unpaired) electrons. The average Bonchev–Trinajstić information content (AvgIpc) is 2.94. The van der Waals surface area contributed by atoms with Crippen molar-refractivity contribution in [3.63, 3.8) is 0 Å². The van der Waals surface area contributed by atoms with Gasteiger partial charge in [0.25, 0.3) is 0 Å². The Labute approximate surface area is 154 Å². The van der Waals surface area contributed by atoms with Crippen LogP contribution in [0.4, 0.5) is 10.2 Å². The monoisotopic (exact) mass is 370 g/mol. The maximum atomic E-state index is 13.0. The Morgan fingerprint density at radius 1 is 1.22 bits per heavy atom. The zero-order valence-corrected chi connectivity index (χ0v) is 14.9. The minimum atomic E-state index is -0.947. The van der Waals surface area contributed by atoms with Gasteiger partial charge in [0.15, 0.2) is 5.82 Å². The van der Waals surface area contributed by atoms with E-state index in [1.165, 1.54) is 35.1 Å². The first-order valence-corrected chi connectivity index (χ1v) is 8.35. The molecule has 8 heteroatoms. The number of benzene rings is 1. The predicted octanol–water partition coefficient (Wildman–Crippen LogP) is 2.80. The summed E-state index contributed by atoms with van der Waals surface area (Å²) in [5.41, 5.74) is 1.19. The number of carboxylic acids is 1. The molecule has 7 nitrogen and oxygen atoms in total. The van der Waals surface area contributed by atoms with Crippen molar-refractivity contribution in [1.29, 1.82) is 0 Å². The lowest BCUT2D eigenvalue weighted by Gasteiger charge is -2.23. The van der Waals surface area contributed by atoms with Crippen LogP contribution in [0.1, 0.15) is 31.4 Å². The van der Waals surface area contributed by atoms with Crippen LogP contribution in [0.2, 0.25) is 0 Å². The predicted molar refractivity (Wildman–Crippen MR) is 97.0 cm³/mol. The van der Waals surface area contributed by atoms with Crippen molar-refractivity contribution in [2.75, 3.05) is 5.32 Å². The number of carbonyl (C=O) groups is 2. The fourth-order valence-corrected chi connectivity index (χ4v) is 3.10. The summed E-state index contributed by atoms with van der Waals surface area (Å²) in [6, 6.07) is 7.39. The number of halogens is 1. The van der Waals surface area contributed by atoms with Gasteiger partial charge >= 0.3 is 5.97 Å². The molecule has 140 valence electrons. The molecule has 0 aliphatic rings. The lowest BCUT2D eigenvalue weighted by atomic mass is 9.81. The van der Waals surface area contributed by atoms with Gasteiger partial charge in [-0.25, -0.2) is 13.9 Å². The minimum absolute atomic E-state index is 0.0468. The summed E-state index contributed by atoms with van der Waals surface area (Å²) in [6.45, 7) is 3.57. The quantitative estimate of drug-likeness (QED) is 0.695. The topological polar surface area (TPSA) is 96.6 Å². The van der Waals surface area contributed by atoms with E-state index in [0.717, 1.165) is 0 Å². The van der Waals surface area contributed by atoms with Gasteiger partial charge in [-0.3, -0.25) is 9.59 Å². The Hall–Kier alpha value is -3.29. The number of hydrogen-bond acceptors (Lipinski definition) is 4. The SMILES string of the molecule is CC(C)(CC(=O)O)c1c(NC(=O)Cc2ccc(F)cc2)nn2cnccc12. The maximum Gasteiger partial charge on any atom is 0.304 e. The lowest BCUT2D eigenvalue weighted by molar-refractivity contribution is -0.138. The molecule has 1 aromatic carbocycles. The molecule has 2 N–H and O–H groups in total. The molecule has 2 heterocycles. The Kier molecular flexibility index (Phi) is 4.89. The van der Waals surface area contributed by atoms with Crippen LogP contribution >= 0.6 is 0 Å². The van der Waals surface area contributed by atoms with Crippen molar-refractivity contribution in [3.05, 3.63) is 59.8 Å². The minimum Gasteiger partial charge on any atom is -0.481 e. The second-order valence-corrected chi connectivity index (χ2v) is 6.94. The normalized spacial score (nSPS) is 11.5. The first-order valence-electron chi connectivity index (χ1n) is 8.35. The molecule has 27 heavy (non-hydrogen) atoms. The first-order chi connectivity index (χ1) is 12.8. The summed E-state index contributed by atoms with van der Waals surface area (Å²) in [4.78, 5) is 27.8. The van der Waals surface area contributed by atoms with Crippen molar-refractivity contribution in [2.24, 2.45) is 0 Å². The number of carboxylic acid groups (broad SMARTS) is 1. The number of carbonyl (C=O) groups excluding carboxylic acids is 1. The van der Waals surface area contributed by atoms with E-state index in [1.807, 2.05) is 0 Å². The third kappa shape index (κ3) is 4.11. The van der Waals surface area contributed by atoms with E-state index in [1.54, 1.807) is 26.1 Å². The lowest BCUT2D eigenvalue weighted by Crippen LogP contribution is -2.24. The molecule has 0 saturated carbocycles. The highest BCUT2D eigenvalue weighted by Crippen LogP contribution is 2.36. The van der Waals surface area contributed by atoms with Crippen LogP contribution in [-0.2, 0) is 21.4 Å². The van der Waals surface area contributed by atoms with Crippen molar-refractivity contribution in [2.45, 2.75) is 32.1 Å². The van der Waals surface area contributed by atoms with Crippen LogP contribution in [0, 0.1) is 5.82 Å². The van der Waals surface area contributed by atoms with Crippen LogP contribution in [0.15, 0.2) is 42.9 Å². The van der Waals surface area contributed by atoms with Crippen molar-refractivity contribution >= 4 is 23.2 Å². The third-order valence-electron chi connectivity index (χ3n) is 4.25. The van der Waals surface area contributed by atoms with Gasteiger partial charge in [-0.15, -0.1) is 5.10 Å². The Morgan fingerprint density at radius 3 is 2.59 bits per heavy atom. The van der Waals surface area contributed by atoms with Crippen LogP contribution in [0.3, 0.4) is 0 Å². The number of anilines is 1. The molecular weight excluding hydrogens is 351 g/mol. The molecule has 0 saturated heterocycles. The first kappa shape index (κ1) is 18.5. The summed E-state index contributed by atoms with van der Waals surface area (Å²) in [5, 5.41) is 16.4. The smallest absolute Gasteiger partial charge is 0.304 e. The van der Waals surface area contributed by atoms with Crippen molar-refractivity contribution in [3.8, 4) is 0 Å². The Morgan fingerprint density at radius 2 is 1.93 bits per heavy atom. The molecule has 3 rings (SSSR count). The molecule has 0 bridgehead atoms. The van der Waals surface area contributed by atoms with Crippen molar-refractivity contribution in [1.82, 2.24) is 14.6 Å². The second-order valence-electron chi connectivity index (χ2n) is 6.94. The van der Waals surface area contributed by atoms with E-state index in [9.17, 15) is 19.1 Å². The number of aromatic nitrogens is 3. The molecule has 3 aromatic rings. The van der Waals surface area contributed by atoms with E-state index in [-0.39, 0.29) is 24.6 Å². The van der Waals surface area contributed by atoms with Crippen LogP contribution in [0.25, 0.3) is 5.52 Å². The highest BCUT2D eigenvalue weighted by molar-refractivity contribution is 5.93.